The first-order chi connectivity index (χ1) is 23.4. The number of nitrogens with one attached hydrogen (secondary N) is 1. The van der Waals surface area contributed by atoms with Crippen LogP contribution in [-0.2, 0) is 52.1 Å². The van der Waals surface area contributed by atoms with Gasteiger partial charge in [-0.15, -0.1) is 0 Å². The molecule has 0 unspecified atom stereocenters. The molecule has 0 aliphatic heterocycles. The van der Waals surface area contributed by atoms with Crippen molar-refractivity contribution in [1.82, 2.24) is 5.32 Å². The Morgan fingerprint density at radius 2 is 0.468 bits per heavy atom. The standard InChI is InChI=1S/C35H73NO11/c1-3-4-5-6-7-8-9-10-11-12-14-37-16-18-39-20-22-41-24-26-43-28-30-45-32-34-47-35-33-46-31-29-44-27-25-42-23-21-40-19-17-38-15-13-36-2/h36H,3-35H2,1-2H3. The van der Waals surface area contributed by atoms with Gasteiger partial charge in [-0.2, -0.15) is 0 Å². The third-order valence-corrected chi connectivity index (χ3v) is 6.86. The molecule has 0 atom stereocenters. The minimum atomic E-state index is 0.525. The minimum Gasteiger partial charge on any atom is -0.379 e. The number of ether oxygens (including phenoxy) is 11. The van der Waals surface area contributed by atoms with Crippen LogP contribution in [0.3, 0.4) is 0 Å². The monoisotopic (exact) mass is 684 g/mol. The van der Waals surface area contributed by atoms with Crippen molar-refractivity contribution in [2.75, 3.05) is 159 Å². The van der Waals surface area contributed by atoms with Crippen molar-refractivity contribution in [3.63, 3.8) is 0 Å². The molecule has 0 spiro atoms. The van der Waals surface area contributed by atoms with E-state index in [2.05, 4.69) is 12.2 Å². The van der Waals surface area contributed by atoms with Gasteiger partial charge in [0.25, 0.3) is 0 Å². The molecule has 0 radical (unpaired) electrons. The SMILES string of the molecule is CCCCCCCCCCCCOCCOCCOCCOCCOCCOCCOCCOCCOCCOCCOCCNC. The summed E-state index contributed by atoms with van der Waals surface area (Å²) >= 11 is 0. The van der Waals surface area contributed by atoms with E-state index < -0.39 is 0 Å². The highest BCUT2D eigenvalue weighted by Gasteiger charge is 1.97. The predicted octanol–water partition coefficient (Wildman–Crippen LogP) is 4.31. The molecule has 47 heavy (non-hydrogen) atoms. The van der Waals surface area contributed by atoms with E-state index in [-0.39, 0.29) is 0 Å². The van der Waals surface area contributed by atoms with Gasteiger partial charge >= 0.3 is 0 Å². The number of likely N-dealkylation sites (N-methyl/N-ethyl adjacent to an activating group) is 1. The zero-order valence-electron chi connectivity index (χ0n) is 30.3. The predicted molar refractivity (Wildman–Crippen MR) is 185 cm³/mol. The van der Waals surface area contributed by atoms with E-state index in [1.165, 1.54) is 57.8 Å². The van der Waals surface area contributed by atoms with E-state index >= 15 is 0 Å². The quantitative estimate of drug-likeness (QED) is 0.0924. The number of hydrogen-bond donors (Lipinski definition) is 1. The number of unbranched alkanes of at least 4 members (excludes halogenated alkanes) is 9. The maximum Gasteiger partial charge on any atom is 0.0701 e. The summed E-state index contributed by atoms with van der Waals surface area (Å²) < 4.78 is 60.4. The molecule has 0 amide bonds. The average molecular weight is 684 g/mol. The maximum atomic E-state index is 5.65. The molecule has 1 N–H and O–H groups in total. The molecule has 0 aliphatic rings. The first kappa shape index (κ1) is 46.5. The van der Waals surface area contributed by atoms with Crippen LogP contribution in [0, 0.1) is 0 Å². The third kappa shape index (κ3) is 45.5. The normalized spacial score (nSPS) is 11.6. The molecule has 0 heterocycles. The molecule has 0 saturated carbocycles. The molecule has 12 nitrogen and oxygen atoms in total. The van der Waals surface area contributed by atoms with Gasteiger partial charge in [-0.3, -0.25) is 0 Å². The Kier molecular flexibility index (Phi) is 45.1. The van der Waals surface area contributed by atoms with E-state index in [0.29, 0.717) is 139 Å². The summed E-state index contributed by atoms with van der Waals surface area (Å²) in [7, 11) is 1.90. The molecule has 0 bridgehead atoms. The first-order valence-corrected chi connectivity index (χ1v) is 18.4. The molecule has 0 fully saturated rings. The van der Waals surface area contributed by atoms with Crippen molar-refractivity contribution in [2.24, 2.45) is 0 Å². The highest BCUT2D eigenvalue weighted by molar-refractivity contribution is 4.47. The lowest BCUT2D eigenvalue weighted by Gasteiger charge is -2.09. The fourth-order valence-corrected chi connectivity index (χ4v) is 4.17. The van der Waals surface area contributed by atoms with Crippen molar-refractivity contribution in [3.05, 3.63) is 0 Å². The molecule has 0 aliphatic carbocycles. The van der Waals surface area contributed by atoms with E-state index in [4.69, 9.17) is 52.1 Å². The molecular weight excluding hydrogens is 610 g/mol. The summed E-state index contributed by atoms with van der Waals surface area (Å²) in [5.41, 5.74) is 0. The Balaban J connectivity index is 3.03. The Labute approximate surface area is 287 Å². The smallest absolute Gasteiger partial charge is 0.0701 e. The van der Waals surface area contributed by atoms with Crippen LogP contribution < -0.4 is 5.32 Å². The van der Waals surface area contributed by atoms with Gasteiger partial charge in [0.15, 0.2) is 0 Å². The van der Waals surface area contributed by atoms with Crippen LogP contribution in [0.15, 0.2) is 0 Å². The van der Waals surface area contributed by atoms with Crippen molar-refractivity contribution >= 4 is 0 Å². The number of rotatable bonds is 44. The fourth-order valence-electron chi connectivity index (χ4n) is 4.17. The second-order valence-electron chi connectivity index (χ2n) is 11.0. The van der Waals surface area contributed by atoms with E-state index in [1.807, 2.05) is 7.05 Å². The highest BCUT2D eigenvalue weighted by Crippen LogP contribution is 2.10. The summed E-state index contributed by atoms with van der Waals surface area (Å²) in [5.74, 6) is 0. The Bertz CT molecular complexity index is 494. The van der Waals surface area contributed by atoms with Crippen LogP contribution >= 0.6 is 0 Å². The van der Waals surface area contributed by atoms with Crippen LogP contribution in [0.25, 0.3) is 0 Å². The van der Waals surface area contributed by atoms with Gasteiger partial charge < -0.3 is 57.4 Å². The van der Waals surface area contributed by atoms with E-state index in [1.54, 1.807) is 0 Å². The lowest BCUT2D eigenvalue weighted by atomic mass is 10.1. The zero-order chi connectivity index (χ0) is 33.8. The molecule has 0 aromatic heterocycles. The largest absolute Gasteiger partial charge is 0.379 e. The molecule has 0 rings (SSSR count). The van der Waals surface area contributed by atoms with E-state index in [9.17, 15) is 0 Å². The van der Waals surface area contributed by atoms with Crippen LogP contribution in [0.5, 0.6) is 0 Å². The van der Waals surface area contributed by atoms with Gasteiger partial charge in [-0.05, 0) is 13.5 Å². The van der Waals surface area contributed by atoms with Gasteiger partial charge in [0, 0.05) is 13.2 Å². The fraction of sp³-hybridized carbons (Fsp3) is 1.00. The van der Waals surface area contributed by atoms with Gasteiger partial charge in [-0.25, -0.2) is 0 Å². The Morgan fingerprint density at radius 3 is 0.723 bits per heavy atom. The summed E-state index contributed by atoms with van der Waals surface area (Å²) in [6, 6.07) is 0. The molecule has 0 aromatic carbocycles. The lowest BCUT2D eigenvalue weighted by molar-refractivity contribution is -0.0274. The summed E-state index contributed by atoms with van der Waals surface area (Å²) in [4.78, 5) is 0. The van der Waals surface area contributed by atoms with Gasteiger partial charge in [0.05, 0.1) is 139 Å². The topological polar surface area (TPSA) is 114 Å². The highest BCUT2D eigenvalue weighted by atomic mass is 16.6. The van der Waals surface area contributed by atoms with E-state index in [0.717, 1.165) is 19.6 Å². The second-order valence-corrected chi connectivity index (χ2v) is 11.0. The molecule has 284 valence electrons. The van der Waals surface area contributed by atoms with Crippen molar-refractivity contribution in [1.29, 1.82) is 0 Å². The van der Waals surface area contributed by atoms with Crippen molar-refractivity contribution in [2.45, 2.75) is 71.1 Å². The van der Waals surface area contributed by atoms with Gasteiger partial charge in [0.1, 0.15) is 0 Å². The Hall–Kier alpha value is -0.480. The maximum absolute atomic E-state index is 5.65. The number of hydrogen-bond acceptors (Lipinski definition) is 12. The first-order valence-electron chi connectivity index (χ1n) is 18.4. The third-order valence-electron chi connectivity index (χ3n) is 6.86. The average Bonchev–Trinajstić information content (AvgIpc) is 3.08. The van der Waals surface area contributed by atoms with Gasteiger partial charge in [0.2, 0.25) is 0 Å². The van der Waals surface area contributed by atoms with Crippen LogP contribution in [-0.4, -0.2) is 159 Å². The van der Waals surface area contributed by atoms with Crippen molar-refractivity contribution < 1.29 is 52.1 Å². The van der Waals surface area contributed by atoms with Crippen LogP contribution in [0.2, 0.25) is 0 Å². The molecule has 0 aromatic rings. The summed E-state index contributed by atoms with van der Waals surface area (Å²) in [5, 5.41) is 3.02. The molecule has 0 saturated heterocycles. The van der Waals surface area contributed by atoms with Gasteiger partial charge in [-0.1, -0.05) is 64.7 Å². The zero-order valence-corrected chi connectivity index (χ0v) is 30.3. The summed E-state index contributed by atoms with van der Waals surface area (Å²) in [6.07, 6.45) is 13.4. The van der Waals surface area contributed by atoms with Crippen LogP contribution in [0.4, 0.5) is 0 Å². The van der Waals surface area contributed by atoms with Crippen molar-refractivity contribution in [3.8, 4) is 0 Å². The van der Waals surface area contributed by atoms with Crippen LogP contribution in [0.1, 0.15) is 71.1 Å². The summed E-state index contributed by atoms with van der Waals surface area (Å²) in [6.45, 7) is 15.7. The Morgan fingerprint density at radius 1 is 0.255 bits per heavy atom. The minimum absolute atomic E-state index is 0.525. The lowest BCUT2D eigenvalue weighted by Crippen LogP contribution is -2.17. The molecular formula is C35H73NO11. The second kappa shape index (κ2) is 45.5. The molecule has 12 heteroatoms.